The molecule has 5 N–H and O–H groups in total. The number of nitrogens with two attached hydrogens (primary N) is 2. The lowest BCUT2D eigenvalue weighted by atomic mass is 10.1. The standard InChI is InChI=1S/C10H15N3O/c1-6(2)13-8-5-3-4-7(9(8)11)10(12)14/h3-6,13H,11H2,1-2H3,(H2,12,14). The second-order valence-electron chi connectivity index (χ2n) is 3.43. The average Bonchev–Trinajstić information content (AvgIpc) is 2.07. The number of benzene rings is 1. The van der Waals surface area contributed by atoms with E-state index >= 15 is 0 Å². The Morgan fingerprint density at radius 2 is 2.07 bits per heavy atom. The molecule has 0 aliphatic heterocycles. The minimum Gasteiger partial charge on any atom is -0.396 e. The molecule has 0 aliphatic carbocycles. The molecule has 0 fully saturated rings. The first-order valence-electron chi connectivity index (χ1n) is 4.47. The SMILES string of the molecule is CC(C)Nc1cccc(C(N)=O)c1N. The van der Waals surface area contributed by atoms with Crippen molar-refractivity contribution >= 4 is 17.3 Å². The van der Waals surface area contributed by atoms with Crippen LogP contribution in [-0.4, -0.2) is 11.9 Å². The van der Waals surface area contributed by atoms with Gasteiger partial charge in [0.25, 0.3) is 5.91 Å². The third-order valence-electron chi connectivity index (χ3n) is 1.82. The van der Waals surface area contributed by atoms with Crippen LogP contribution in [0.3, 0.4) is 0 Å². The summed E-state index contributed by atoms with van der Waals surface area (Å²) in [6.07, 6.45) is 0. The maximum absolute atomic E-state index is 11.0. The van der Waals surface area contributed by atoms with Gasteiger partial charge in [-0.05, 0) is 26.0 Å². The van der Waals surface area contributed by atoms with Crippen LogP contribution >= 0.6 is 0 Å². The molecule has 14 heavy (non-hydrogen) atoms. The molecule has 0 spiro atoms. The third-order valence-corrected chi connectivity index (χ3v) is 1.82. The smallest absolute Gasteiger partial charge is 0.250 e. The van der Waals surface area contributed by atoms with Gasteiger partial charge in [0.05, 0.1) is 16.9 Å². The highest BCUT2D eigenvalue weighted by Gasteiger charge is 2.09. The van der Waals surface area contributed by atoms with Crippen LogP contribution < -0.4 is 16.8 Å². The number of rotatable bonds is 3. The molecule has 1 aromatic carbocycles. The van der Waals surface area contributed by atoms with E-state index in [1.807, 2.05) is 19.9 Å². The number of carbonyl (C=O) groups is 1. The molecule has 0 aliphatic rings. The van der Waals surface area contributed by atoms with E-state index in [0.717, 1.165) is 5.69 Å². The first-order valence-corrected chi connectivity index (χ1v) is 4.47. The molecule has 0 unspecified atom stereocenters. The number of nitrogens with one attached hydrogen (secondary N) is 1. The summed E-state index contributed by atoms with van der Waals surface area (Å²) in [5.41, 5.74) is 12.5. The van der Waals surface area contributed by atoms with Crippen LogP contribution in [0.1, 0.15) is 24.2 Å². The van der Waals surface area contributed by atoms with E-state index in [-0.39, 0.29) is 6.04 Å². The van der Waals surface area contributed by atoms with Gasteiger partial charge in [0.1, 0.15) is 0 Å². The largest absolute Gasteiger partial charge is 0.396 e. The van der Waals surface area contributed by atoms with Crippen molar-refractivity contribution in [1.29, 1.82) is 0 Å². The van der Waals surface area contributed by atoms with Gasteiger partial charge in [-0.25, -0.2) is 0 Å². The Morgan fingerprint density at radius 3 is 2.57 bits per heavy atom. The van der Waals surface area contributed by atoms with Crippen molar-refractivity contribution < 1.29 is 4.79 Å². The van der Waals surface area contributed by atoms with E-state index in [2.05, 4.69) is 5.32 Å². The van der Waals surface area contributed by atoms with Crippen molar-refractivity contribution in [3.05, 3.63) is 23.8 Å². The van der Waals surface area contributed by atoms with E-state index < -0.39 is 5.91 Å². The lowest BCUT2D eigenvalue weighted by molar-refractivity contribution is 0.100. The lowest BCUT2D eigenvalue weighted by Crippen LogP contribution is -2.17. The molecule has 1 rings (SSSR count). The summed E-state index contributed by atoms with van der Waals surface area (Å²) in [6, 6.07) is 5.45. The second-order valence-corrected chi connectivity index (χ2v) is 3.43. The Hall–Kier alpha value is -1.71. The molecular weight excluding hydrogens is 178 g/mol. The fourth-order valence-electron chi connectivity index (χ4n) is 1.22. The predicted octanol–water partition coefficient (Wildman–Crippen LogP) is 1.19. The van der Waals surface area contributed by atoms with Crippen molar-refractivity contribution in [3.63, 3.8) is 0 Å². The number of nitrogen functional groups attached to an aromatic ring is 1. The number of carbonyl (C=O) groups excluding carboxylic acids is 1. The molecule has 76 valence electrons. The molecular formula is C10H15N3O. The Kier molecular flexibility index (Phi) is 2.96. The van der Waals surface area contributed by atoms with Gasteiger partial charge in [-0.1, -0.05) is 6.07 Å². The third kappa shape index (κ3) is 2.16. The topological polar surface area (TPSA) is 81.1 Å². The van der Waals surface area contributed by atoms with Crippen LogP contribution in [0.5, 0.6) is 0 Å². The quantitative estimate of drug-likeness (QED) is 0.631. The van der Waals surface area contributed by atoms with Gasteiger partial charge < -0.3 is 16.8 Å². The minimum atomic E-state index is -0.505. The normalized spacial score (nSPS) is 10.2. The molecule has 4 nitrogen and oxygen atoms in total. The summed E-state index contributed by atoms with van der Waals surface area (Å²) in [5.74, 6) is -0.505. The van der Waals surface area contributed by atoms with Gasteiger partial charge in [0.15, 0.2) is 0 Å². The number of hydrogen-bond donors (Lipinski definition) is 3. The van der Waals surface area contributed by atoms with Crippen LogP contribution in [0.25, 0.3) is 0 Å². The van der Waals surface area contributed by atoms with E-state index in [1.165, 1.54) is 0 Å². The fraction of sp³-hybridized carbons (Fsp3) is 0.300. The minimum absolute atomic E-state index is 0.264. The monoisotopic (exact) mass is 193 g/mol. The Morgan fingerprint density at radius 1 is 1.43 bits per heavy atom. The van der Waals surface area contributed by atoms with Gasteiger partial charge in [-0.3, -0.25) is 4.79 Å². The van der Waals surface area contributed by atoms with E-state index in [1.54, 1.807) is 12.1 Å². The summed E-state index contributed by atoms with van der Waals surface area (Å²) in [7, 11) is 0. The predicted molar refractivity (Wildman–Crippen MR) is 58.1 cm³/mol. The van der Waals surface area contributed by atoms with Crippen molar-refractivity contribution in [2.24, 2.45) is 5.73 Å². The first-order chi connectivity index (χ1) is 6.52. The molecule has 0 saturated carbocycles. The highest BCUT2D eigenvalue weighted by Crippen LogP contribution is 2.22. The van der Waals surface area contributed by atoms with Crippen molar-refractivity contribution in [2.45, 2.75) is 19.9 Å². The summed E-state index contributed by atoms with van der Waals surface area (Å²) in [6.45, 7) is 3.99. The zero-order valence-corrected chi connectivity index (χ0v) is 8.37. The Bertz CT molecular complexity index is 347. The maximum Gasteiger partial charge on any atom is 0.250 e. The Labute approximate surface area is 83.3 Å². The molecule has 1 amide bonds. The van der Waals surface area contributed by atoms with Gasteiger partial charge in [-0.2, -0.15) is 0 Å². The lowest BCUT2D eigenvalue weighted by Gasteiger charge is -2.13. The molecule has 0 aromatic heterocycles. The van der Waals surface area contributed by atoms with Crippen LogP contribution in [-0.2, 0) is 0 Å². The van der Waals surface area contributed by atoms with Crippen LogP contribution in [0.4, 0.5) is 11.4 Å². The highest BCUT2D eigenvalue weighted by molar-refractivity contribution is 6.00. The van der Waals surface area contributed by atoms with E-state index in [9.17, 15) is 4.79 Å². The number of anilines is 2. The van der Waals surface area contributed by atoms with Crippen molar-refractivity contribution in [1.82, 2.24) is 0 Å². The molecule has 4 heteroatoms. The van der Waals surface area contributed by atoms with Gasteiger partial charge in [-0.15, -0.1) is 0 Å². The Balaban J connectivity index is 3.07. The summed E-state index contributed by atoms with van der Waals surface area (Å²) < 4.78 is 0. The van der Waals surface area contributed by atoms with Crippen LogP contribution in [0.15, 0.2) is 18.2 Å². The average molecular weight is 193 g/mol. The number of para-hydroxylation sites is 1. The zero-order valence-electron chi connectivity index (χ0n) is 8.37. The summed E-state index contributed by atoms with van der Waals surface area (Å²) in [5, 5.41) is 3.14. The number of primary amides is 1. The first kappa shape index (κ1) is 10.4. The van der Waals surface area contributed by atoms with Gasteiger partial charge >= 0.3 is 0 Å². The molecule has 0 radical (unpaired) electrons. The molecule has 0 bridgehead atoms. The fourth-order valence-corrected chi connectivity index (χ4v) is 1.22. The molecule has 0 saturated heterocycles. The number of hydrogen-bond acceptors (Lipinski definition) is 3. The van der Waals surface area contributed by atoms with Gasteiger partial charge in [0, 0.05) is 6.04 Å². The second kappa shape index (κ2) is 4.00. The van der Waals surface area contributed by atoms with E-state index in [4.69, 9.17) is 11.5 Å². The van der Waals surface area contributed by atoms with Crippen LogP contribution in [0, 0.1) is 0 Å². The number of amides is 1. The van der Waals surface area contributed by atoms with Crippen LogP contribution in [0.2, 0.25) is 0 Å². The zero-order chi connectivity index (χ0) is 10.7. The van der Waals surface area contributed by atoms with Crippen molar-refractivity contribution in [3.8, 4) is 0 Å². The summed E-state index contributed by atoms with van der Waals surface area (Å²) >= 11 is 0. The molecule has 0 atom stereocenters. The summed E-state index contributed by atoms with van der Waals surface area (Å²) in [4.78, 5) is 11.0. The highest BCUT2D eigenvalue weighted by atomic mass is 16.1. The molecule has 0 heterocycles. The van der Waals surface area contributed by atoms with E-state index in [0.29, 0.717) is 11.3 Å². The van der Waals surface area contributed by atoms with Crippen molar-refractivity contribution in [2.75, 3.05) is 11.1 Å². The molecule has 1 aromatic rings. The maximum atomic E-state index is 11.0. The van der Waals surface area contributed by atoms with Gasteiger partial charge in [0.2, 0.25) is 0 Å².